The van der Waals surface area contributed by atoms with Crippen LogP contribution in [-0.4, -0.2) is 64.1 Å². The Kier molecular flexibility index (Phi) is 7.37. The van der Waals surface area contributed by atoms with Crippen LogP contribution >= 0.6 is 0 Å². The van der Waals surface area contributed by atoms with Gasteiger partial charge in [-0.2, -0.15) is 0 Å². The molecule has 0 radical (unpaired) electrons. The summed E-state index contributed by atoms with van der Waals surface area (Å²) in [7, 11) is 1.63. The van der Waals surface area contributed by atoms with Crippen LogP contribution in [0.1, 0.15) is 43.5 Å². The lowest BCUT2D eigenvalue weighted by Crippen LogP contribution is -2.49. The molecule has 2 aliphatic heterocycles. The van der Waals surface area contributed by atoms with Crippen LogP contribution in [0, 0.1) is 13.8 Å². The lowest BCUT2D eigenvalue weighted by molar-refractivity contribution is 0.0736. The number of pyridine rings is 1. The molecule has 0 atom stereocenters. The normalized spacial score (nSPS) is 14.5. The summed E-state index contributed by atoms with van der Waals surface area (Å²) in [6.45, 7) is 7.77. The number of anilines is 2. The molecule has 9 heteroatoms. The molecule has 0 saturated carbocycles. The van der Waals surface area contributed by atoms with Gasteiger partial charge in [-0.25, -0.2) is 0 Å². The molecule has 9 nitrogen and oxygen atoms in total. The summed E-state index contributed by atoms with van der Waals surface area (Å²) in [6, 6.07) is 25.6. The fraction of sp³-hybridized carbons (Fsp3) is 0.250. The van der Waals surface area contributed by atoms with E-state index in [2.05, 4.69) is 45.0 Å². The van der Waals surface area contributed by atoms with Gasteiger partial charge in [0.1, 0.15) is 11.4 Å². The van der Waals surface area contributed by atoms with Gasteiger partial charge in [-0.05, 0) is 80.1 Å². The van der Waals surface area contributed by atoms with Crippen LogP contribution in [0.3, 0.4) is 0 Å². The highest BCUT2D eigenvalue weighted by Gasteiger charge is 2.30. The Balaban J connectivity index is 1.16. The molecule has 228 valence electrons. The van der Waals surface area contributed by atoms with E-state index in [9.17, 15) is 9.59 Å². The molecular formula is C36H36N6O3. The maximum atomic E-state index is 14.2. The van der Waals surface area contributed by atoms with Crippen molar-refractivity contribution in [3.8, 4) is 11.4 Å². The van der Waals surface area contributed by atoms with Gasteiger partial charge in [-0.1, -0.05) is 18.2 Å². The minimum absolute atomic E-state index is 0.0174. The van der Waals surface area contributed by atoms with Crippen molar-refractivity contribution >= 4 is 23.2 Å². The number of para-hydroxylation sites is 1. The number of benzene rings is 2. The number of aromatic nitrogens is 3. The number of nitrogens with zero attached hydrogens (tertiary/aromatic N) is 6. The molecule has 7 rings (SSSR count). The number of aryl methyl sites for hydroxylation is 2. The van der Waals surface area contributed by atoms with Crippen molar-refractivity contribution in [2.75, 3.05) is 43.1 Å². The number of carbonyl (C=O) groups excluding carboxylic acids is 2. The van der Waals surface area contributed by atoms with E-state index in [4.69, 9.17) is 4.74 Å². The Morgan fingerprint density at radius 1 is 0.756 bits per heavy atom. The lowest BCUT2D eigenvalue weighted by atomic mass is 10.1. The fourth-order valence-electron chi connectivity index (χ4n) is 6.61. The van der Waals surface area contributed by atoms with Gasteiger partial charge >= 0.3 is 0 Å². The zero-order valence-corrected chi connectivity index (χ0v) is 25.8. The molecule has 5 aromatic rings. The summed E-state index contributed by atoms with van der Waals surface area (Å²) in [6.07, 6.45) is 3.59. The van der Waals surface area contributed by atoms with E-state index in [1.165, 1.54) is 0 Å². The molecular weight excluding hydrogens is 564 g/mol. The van der Waals surface area contributed by atoms with Crippen LogP contribution in [0.4, 0.5) is 11.4 Å². The van der Waals surface area contributed by atoms with Crippen molar-refractivity contribution in [2.24, 2.45) is 0 Å². The van der Waals surface area contributed by atoms with E-state index < -0.39 is 0 Å². The molecule has 2 amide bonds. The van der Waals surface area contributed by atoms with E-state index in [0.717, 1.165) is 52.8 Å². The Morgan fingerprint density at radius 3 is 2.22 bits per heavy atom. The monoisotopic (exact) mass is 600 g/mol. The Bertz CT molecular complexity index is 1860. The first-order valence-corrected chi connectivity index (χ1v) is 15.3. The van der Waals surface area contributed by atoms with Gasteiger partial charge in [0.15, 0.2) is 0 Å². The molecule has 45 heavy (non-hydrogen) atoms. The van der Waals surface area contributed by atoms with Crippen LogP contribution in [0.15, 0.2) is 91.3 Å². The van der Waals surface area contributed by atoms with Crippen LogP contribution in [-0.2, 0) is 13.1 Å². The van der Waals surface area contributed by atoms with E-state index in [1.54, 1.807) is 19.5 Å². The van der Waals surface area contributed by atoms with Crippen molar-refractivity contribution in [1.82, 2.24) is 19.0 Å². The highest BCUT2D eigenvalue weighted by atomic mass is 16.5. The van der Waals surface area contributed by atoms with Crippen LogP contribution < -0.4 is 14.5 Å². The second kappa shape index (κ2) is 11.6. The van der Waals surface area contributed by atoms with Gasteiger partial charge in [0.2, 0.25) is 0 Å². The van der Waals surface area contributed by atoms with E-state index in [-0.39, 0.29) is 11.8 Å². The molecule has 1 saturated heterocycles. The van der Waals surface area contributed by atoms with Crippen molar-refractivity contribution in [1.29, 1.82) is 0 Å². The first-order chi connectivity index (χ1) is 21.9. The zero-order valence-electron chi connectivity index (χ0n) is 25.8. The van der Waals surface area contributed by atoms with Crippen LogP contribution in [0.2, 0.25) is 0 Å². The standard InChI is InChI=1S/C36H36N6O3/c1-25-8-9-26(2)42(25)32-12-10-27(22-34(32)45-3)35(43)41-24-30-11-13-33(40(30)23-28-6-4-5-7-31(28)41)36(44)39-20-18-38(19-21-39)29-14-16-37-17-15-29/h4-17,22H,18-21,23-24H2,1-3H3. The first kappa shape index (κ1) is 28.5. The third-order valence-corrected chi connectivity index (χ3v) is 9.00. The number of carbonyl (C=O) groups is 2. The minimum atomic E-state index is -0.122. The number of piperazine rings is 1. The molecule has 3 aromatic heterocycles. The number of hydrogen-bond donors (Lipinski definition) is 0. The van der Waals surface area contributed by atoms with Crippen molar-refractivity contribution < 1.29 is 14.3 Å². The molecule has 2 aromatic carbocycles. The predicted octanol–water partition coefficient (Wildman–Crippen LogP) is 5.47. The smallest absolute Gasteiger partial charge is 0.270 e. The molecule has 2 aliphatic rings. The maximum absolute atomic E-state index is 14.2. The Labute approximate surface area is 262 Å². The minimum Gasteiger partial charge on any atom is -0.495 e. The summed E-state index contributed by atoms with van der Waals surface area (Å²) in [5, 5.41) is 0. The average molecular weight is 601 g/mol. The second-order valence-corrected chi connectivity index (χ2v) is 11.6. The average Bonchev–Trinajstić information content (AvgIpc) is 3.59. The van der Waals surface area contributed by atoms with Gasteiger partial charge in [0.05, 0.1) is 25.9 Å². The predicted molar refractivity (Wildman–Crippen MR) is 175 cm³/mol. The summed E-state index contributed by atoms with van der Waals surface area (Å²) >= 11 is 0. The van der Waals surface area contributed by atoms with Gasteiger partial charge < -0.3 is 28.6 Å². The SMILES string of the molecule is COc1cc(C(=O)N2Cc3ccc(C(=O)N4CCN(c5ccncc5)CC4)n3Cc3ccccc32)ccc1-n1c(C)ccc1C. The molecule has 5 heterocycles. The van der Waals surface area contributed by atoms with Gasteiger partial charge in [-0.15, -0.1) is 0 Å². The van der Waals surface area contributed by atoms with Crippen LogP contribution in [0.25, 0.3) is 5.69 Å². The molecule has 0 N–H and O–H groups in total. The Hall–Kier alpha value is -5.31. The van der Waals surface area contributed by atoms with E-state index in [0.29, 0.717) is 43.2 Å². The van der Waals surface area contributed by atoms with Crippen LogP contribution in [0.5, 0.6) is 5.75 Å². The summed E-state index contributed by atoms with van der Waals surface area (Å²) in [4.78, 5) is 38.2. The number of rotatable bonds is 5. The number of amides is 2. The summed E-state index contributed by atoms with van der Waals surface area (Å²) in [5.41, 5.74) is 8.13. The molecule has 1 fully saturated rings. The molecule has 0 spiro atoms. The number of methoxy groups -OCH3 is 1. The topological polar surface area (TPSA) is 75.8 Å². The van der Waals surface area contributed by atoms with Crippen molar-refractivity contribution in [3.05, 3.63) is 125 Å². The fourth-order valence-corrected chi connectivity index (χ4v) is 6.61. The van der Waals surface area contributed by atoms with E-state index in [1.807, 2.05) is 76.5 Å². The lowest BCUT2D eigenvalue weighted by Gasteiger charge is -2.36. The summed E-state index contributed by atoms with van der Waals surface area (Å²) < 4.78 is 9.98. The quantitative estimate of drug-likeness (QED) is 0.268. The molecule has 0 aliphatic carbocycles. The van der Waals surface area contributed by atoms with Gasteiger partial charge in [0.25, 0.3) is 11.8 Å². The van der Waals surface area contributed by atoms with Gasteiger partial charge in [0, 0.05) is 72.6 Å². The number of fused-ring (bicyclic) bond motifs is 2. The third-order valence-electron chi connectivity index (χ3n) is 9.00. The third kappa shape index (κ3) is 5.14. The van der Waals surface area contributed by atoms with Crippen molar-refractivity contribution in [2.45, 2.75) is 26.9 Å². The largest absolute Gasteiger partial charge is 0.495 e. The number of ether oxygens (including phenoxy) is 1. The first-order valence-electron chi connectivity index (χ1n) is 15.3. The highest BCUT2D eigenvalue weighted by Crippen LogP contribution is 2.33. The highest BCUT2D eigenvalue weighted by molar-refractivity contribution is 6.07. The molecule has 0 bridgehead atoms. The van der Waals surface area contributed by atoms with Crippen molar-refractivity contribution in [3.63, 3.8) is 0 Å². The number of hydrogen-bond acceptors (Lipinski definition) is 5. The van der Waals surface area contributed by atoms with E-state index >= 15 is 0 Å². The van der Waals surface area contributed by atoms with Gasteiger partial charge in [-0.3, -0.25) is 14.6 Å². The maximum Gasteiger partial charge on any atom is 0.270 e. The second-order valence-electron chi connectivity index (χ2n) is 11.6. The zero-order chi connectivity index (χ0) is 31.1. The Morgan fingerprint density at radius 2 is 1.49 bits per heavy atom. The summed E-state index contributed by atoms with van der Waals surface area (Å²) in [5.74, 6) is 0.526. The molecule has 0 unspecified atom stereocenters.